The number of hydrogen-bond acceptors (Lipinski definition) is 4. The van der Waals surface area contributed by atoms with Crippen LogP contribution < -0.4 is 5.32 Å². The van der Waals surface area contributed by atoms with Gasteiger partial charge in [0.15, 0.2) is 0 Å². The van der Waals surface area contributed by atoms with Gasteiger partial charge in [0.2, 0.25) is 0 Å². The van der Waals surface area contributed by atoms with Gasteiger partial charge in [-0.2, -0.15) is 0 Å². The molecule has 1 aromatic carbocycles. The zero-order valence-electron chi connectivity index (χ0n) is 9.89. The van der Waals surface area contributed by atoms with Crippen LogP contribution >= 0.6 is 15.9 Å². The van der Waals surface area contributed by atoms with Crippen molar-refractivity contribution in [3.05, 3.63) is 38.3 Å². The number of nitro groups is 1. The summed E-state index contributed by atoms with van der Waals surface area (Å²) in [5, 5.41) is 14.0. The molecule has 0 amide bonds. The highest BCUT2D eigenvalue weighted by Gasteiger charge is 2.15. The number of rotatable bonds is 5. The highest BCUT2D eigenvalue weighted by molar-refractivity contribution is 9.10. The first-order valence-electron chi connectivity index (χ1n) is 5.88. The van der Waals surface area contributed by atoms with E-state index in [4.69, 9.17) is 4.74 Å². The van der Waals surface area contributed by atoms with E-state index in [9.17, 15) is 10.1 Å². The number of halogens is 1. The van der Waals surface area contributed by atoms with Crippen LogP contribution in [-0.2, 0) is 11.3 Å². The van der Waals surface area contributed by atoms with Crippen molar-refractivity contribution in [2.24, 2.45) is 5.92 Å². The summed E-state index contributed by atoms with van der Waals surface area (Å²) in [6.45, 7) is 3.31. The predicted molar refractivity (Wildman–Crippen MR) is 71.4 cm³/mol. The summed E-state index contributed by atoms with van der Waals surface area (Å²) in [6, 6.07) is 4.84. The molecule has 1 N–H and O–H groups in total. The van der Waals surface area contributed by atoms with E-state index in [-0.39, 0.29) is 5.69 Å². The molecule has 6 heteroatoms. The maximum atomic E-state index is 10.6. The van der Waals surface area contributed by atoms with Crippen LogP contribution in [0.2, 0.25) is 0 Å². The lowest BCUT2D eigenvalue weighted by molar-refractivity contribution is -0.384. The summed E-state index contributed by atoms with van der Waals surface area (Å²) in [6.07, 6.45) is 1.11. The van der Waals surface area contributed by atoms with E-state index in [2.05, 4.69) is 21.2 Å². The van der Waals surface area contributed by atoms with Crippen molar-refractivity contribution in [3.8, 4) is 0 Å². The second-order valence-electron chi connectivity index (χ2n) is 4.39. The molecule has 1 heterocycles. The average Bonchev–Trinajstić information content (AvgIpc) is 2.84. The molecule has 18 heavy (non-hydrogen) atoms. The molecule has 1 atom stereocenters. The van der Waals surface area contributed by atoms with Crippen LogP contribution in [0, 0.1) is 16.0 Å². The molecular formula is C12H15BrN2O3. The average molecular weight is 315 g/mol. The smallest absolute Gasteiger partial charge is 0.270 e. The topological polar surface area (TPSA) is 64.4 Å². The van der Waals surface area contributed by atoms with E-state index in [1.807, 2.05) is 0 Å². The van der Waals surface area contributed by atoms with Gasteiger partial charge < -0.3 is 10.1 Å². The molecule has 1 saturated heterocycles. The van der Waals surface area contributed by atoms with E-state index in [0.29, 0.717) is 12.5 Å². The Balaban J connectivity index is 1.87. The first kappa shape index (κ1) is 13.5. The minimum atomic E-state index is -0.391. The molecule has 1 aliphatic rings. The Morgan fingerprint density at radius 2 is 2.39 bits per heavy atom. The number of nitrogens with zero attached hydrogens (tertiary/aromatic N) is 1. The molecule has 0 aromatic heterocycles. The Labute approximate surface area is 114 Å². The van der Waals surface area contributed by atoms with Crippen molar-refractivity contribution in [3.63, 3.8) is 0 Å². The molecule has 1 fully saturated rings. The molecule has 5 nitrogen and oxygen atoms in total. The number of hydrogen-bond donors (Lipinski definition) is 1. The van der Waals surface area contributed by atoms with Crippen LogP contribution in [-0.4, -0.2) is 24.7 Å². The van der Waals surface area contributed by atoms with Crippen molar-refractivity contribution in [2.75, 3.05) is 19.8 Å². The summed E-state index contributed by atoms with van der Waals surface area (Å²) in [5.74, 6) is 0.585. The van der Waals surface area contributed by atoms with Crippen LogP contribution in [0.4, 0.5) is 5.69 Å². The molecule has 2 rings (SSSR count). The quantitative estimate of drug-likeness (QED) is 0.670. The summed E-state index contributed by atoms with van der Waals surface area (Å²) < 4.78 is 6.07. The summed E-state index contributed by atoms with van der Waals surface area (Å²) in [5.41, 5.74) is 1.13. The maximum Gasteiger partial charge on any atom is 0.270 e. The Bertz CT molecular complexity index is 433. The number of benzene rings is 1. The fourth-order valence-electron chi connectivity index (χ4n) is 1.95. The lowest BCUT2D eigenvalue weighted by atomic mass is 10.1. The fourth-order valence-corrected chi connectivity index (χ4v) is 2.46. The fraction of sp³-hybridized carbons (Fsp3) is 0.500. The van der Waals surface area contributed by atoms with E-state index >= 15 is 0 Å². The largest absolute Gasteiger partial charge is 0.381 e. The Kier molecular flexibility index (Phi) is 4.68. The summed E-state index contributed by atoms with van der Waals surface area (Å²) in [7, 11) is 0. The van der Waals surface area contributed by atoms with Gasteiger partial charge >= 0.3 is 0 Å². The molecule has 0 aliphatic carbocycles. The highest BCUT2D eigenvalue weighted by Crippen LogP contribution is 2.23. The van der Waals surface area contributed by atoms with Crippen LogP contribution in [0.5, 0.6) is 0 Å². The first-order chi connectivity index (χ1) is 8.66. The number of non-ortho nitro benzene ring substituents is 1. The van der Waals surface area contributed by atoms with Gasteiger partial charge in [0.1, 0.15) is 0 Å². The van der Waals surface area contributed by atoms with Crippen LogP contribution in [0.25, 0.3) is 0 Å². The number of nitro benzene ring substituents is 1. The Morgan fingerprint density at radius 1 is 1.56 bits per heavy atom. The maximum absolute atomic E-state index is 10.6. The van der Waals surface area contributed by atoms with E-state index in [1.54, 1.807) is 6.07 Å². The van der Waals surface area contributed by atoms with E-state index in [1.165, 1.54) is 12.1 Å². The van der Waals surface area contributed by atoms with Gasteiger partial charge in [0.25, 0.3) is 5.69 Å². The Morgan fingerprint density at radius 3 is 3.00 bits per heavy atom. The molecule has 98 valence electrons. The second-order valence-corrected chi connectivity index (χ2v) is 5.25. The third kappa shape index (κ3) is 3.51. The molecule has 0 radical (unpaired) electrons. The molecule has 1 aliphatic heterocycles. The molecule has 0 saturated carbocycles. The normalized spacial score (nSPS) is 19.1. The van der Waals surface area contributed by atoms with E-state index < -0.39 is 4.92 Å². The minimum Gasteiger partial charge on any atom is -0.381 e. The van der Waals surface area contributed by atoms with Gasteiger partial charge in [-0.25, -0.2) is 0 Å². The molecule has 0 spiro atoms. The predicted octanol–water partition coefficient (Wildman–Crippen LogP) is 2.48. The minimum absolute atomic E-state index is 0.106. The molecule has 1 aromatic rings. The summed E-state index contributed by atoms with van der Waals surface area (Å²) in [4.78, 5) is 10.2. The first-order valence-corrected chi connectivity index (χ1v) is 6.67. The van der Waals surface area contributed by atoms with Gasteiger partial charge in [-0.3, -0.25) is 10.1 Å². The third-order valence-corrected chi connectivity index (χ3v) is 3.76. The van der Waals surface area contributed by atoms with Crippen molar-refractivity contribution in [1.29, 1.82) is 0 Å². The zero-order valence-corrected chi connectivity index (χ0v) is 11.5. The van der Waals surface area contributed by atoms with Gasteiger partial charge in [0, 0.05) is 36.3 Å². The van der Waals surface area contributed by atoms with Gasteiger partial charge in [-0.15, -0.1) is 0 Å². The monoisotopic (exact) mass is 314 g/mol. The lowest BCUT2D eigenvalue weighted by Gasteiger charge is -2.10. The SMILES string of the molecule is O=[N+]([O-])c1ccc(CNCC2CCOC2)c(Br)c1. The van der Waals surface area contributed by atoms with Crippen LogP contribution in [0.3, 0.4) is 0 Å². The molecule has 0 bridgehead atoms. The number of nitrogens with one attached hydrogen (secondary N) is 1. The zero-order chi connectivity index (χ0) is 13.0. The molecule has 1 unspecified atom stereocenters. The number of ether oxygens (including phenoxy) is 1. The van der Waals surface area contributed by atoms with Crippen molar-refractivity contribution >= 4 is 21.6 Å². The van der Waals surface area contributed by atoms with Gasteiger partial charge in [-0.1, -0.05) is 15.9 Å². The highest BCUT2D eigenvalue weighted by atomic mass is 79.9. The van der Waals surface area contributed by atoms with Crippen LogP contribution in [0.1, 0.15) is 12.0 Å². The standard InChI is InChI=1S/C12H15BrN2O3/c13-12-5-11(15(16)17)2-1-10(12)7-14-6-9-3-4-18-8-9/h1-2,5,9,14H,3-4,6-8H2. The van der Waals surface area contributed by atoms with Crippen molar-refractivity contribution in [1.82, 2.24) is 5.32 Å². The van der Waals surface area contributed by atoms with Gasteiger partial charge in [0.05, 0.1) is 11.5 Å². The second kappa shape index (κ2) is 6.26. The molecular weight excluding hydrogens is 300 g/mol. The third-order valence-electron chi connectivity index (χ3n) is 3.02. The van der Waals surface area contributed by atoms with Crippen LogP contribution in [0.15, 0.2) is 22.7 Å². The summed E-state index contributed by atoms with van der Waals surface area (Å²) >= 11 is 3.36. The van der Waals surface area contributed by atoms with Gasteiger partial charge in [-0.05, 0) is 24.0 Å². The Hall–Kier alpha value is -0.980. The van der Waals surface area contributed by atoms with Crippen molar-refractivity contribution in [2.45, 2.75) is 13.0 Å². The van der Waals surface area contributed by atoms with Crippen molar-refractivity contribution < 1.29 is 9.66 Å². The lowest BCUT2D eigenvalue weighted by Crippen LogP contribution is -2.22. The van der Waals surface area contributed by atoms with E-state index in [0.717, 1.165) is 36.2 Å².